The zero-order valence-electron chi connectivity index (χ0n) is 11.0. The topological polar surface area (TPSA) is 17.1 Å². The molecule has 0 aliphatic heterocycles. The van der Waals surface area contributed by atoms with Gasteiger partial charge in [-0.25, -0.2) is 0 Å². The summed E-state index contributed by atoms with van der Waals surface area (Å²) < 4.78 is 0. The van der Waals surface area contributed by atoms with Gasteiger partial charge in [-0.3, -0.25) is 4.79 Å². The van der Waals surface area contributed by atoms with E-state index in [0.29, 0.717) is 18.3 Å². The van der Waals surface area contributed by atoms with Crippen LogP contribution in [0, 0.1) is 17.3 Å². The van der Waals surface area contributed by atoms with Crippen LogP contribution in [0.25, 0.3) is 0 Å². The molecule has 0 spiro atoms. The largest absolute Gasteiger partial charge is 0.295 e. The lowest BCUT2D eigenvalue weighted by molar-refractivity contribution is -0.114. The van der Waals surface area contributed by atoms with Crippen LogP contribution in [-0.4, -0.2) is 5.78 Å². The number of allylic oxidation sites excluding steroid dienone is 3. The summed E-state index contributed by atoms with van der Waals surface area (Å²) in [5.74, 6) is 1.25. The van der Waals surface area contributed by atoms with Gasteiger partial charge in [-0.15, -0.1) is 0 Å². The standard InChI is InChI=1S/C15H24O/c1-6-13(16)9-10-14-11(2)7-8-12(3)15(14,4)5/h9-10,12,14H,2,6-8H2,1,3-5H3. The first-order chi connectivity index (χ1) is 7.39. The van der Waals surface area contributed by atoms with E-state index in [9.17, 15) is 4.79 Å². The zero-order valence-corrected chi connectivity index (χ0v) is 11.0. The predicted molar refractivity (Wildman–Crippen MR) is 69.2 cm³/mol. The highest BCUT2D eigenvalue weighted by Gasteiger charge is 2.38. The maximum absolute atomic E-state index is 11.3. The molecule has 0 aromatic heterocycles. The Kier molecular flexibility index (Phi) is 4.12. The molecule has 1 saturated carbocycles. The lowest BCUT2D eigenvalue weighted by atomic mass is 9.61. The van der Waals surface area contributed by atoms with Crippen LogP contribution in [0.15, 0.2) is 24.3 Å². The molecule has 1 fully saturated rings. The van der Waals surface area contributed by atoms with E-state index >= 15 is 0 Å². The van der Waals surface area contributed by atoms with Gasteiger partial charge in [0.2, 0.25) is 0 Å². The molecule has 2 atom stereocenters. The minimum Gasteiger partial charge on any atom is -0.295 e. The minimum atomic E-state index is 0.210. The molecule has 0 aromatic rings. The van der Waals surface area contributed by atoms with E-state index in [4.69, 9.17) is 0 Å². The van der Waals surface area contributed by atoms with Crippen molar-refractivity contribution < 1.29 is 4.79 Å². The van der Waals surface area contributed by atoms with E-state index in [2.05, 4.69) is 33.4 Å². The fourth-order valence-electron chi connectivity index (χ4n) is 2.47. The molecule has 0 saturated heterocycles. The van der Waals surface area contributed by atoms with Crippen LogP contribution in [0.1, 0.15) is 47.0 Å². The fourth-order valence-corrected chi connectivity index (χ4v) is 2.47. The maximum atomic E-state index is 11.3. The van der Waals surface area contributed by atoms with Crippen molar-refractivity contribution in [2.24, 2.45) is 17.3 Å². The number of hydrogen-bond acceptors (Lipinski definition) is 1. The van der Waals surface area contributed by atoms with Crippen LogP contribution >= 0.6 is 0 Å². The van der Waals surface area contributed by atoms with Gasteiger partial charge in [-0.2, -0.15) is 0 Å². The predicted octanol–water partition coefficient (Wildman–Crippen LogP) is 4.15. The number of rotatable bonds is 3. The van der Waals surface area contributed by atoms with Gasteiger partial charge < -0.3 is 0 Å². The third kappa shape index (κ3) is 2.63. The second-order valence-corrected chi connectivity index (χ2v) is 5.58. The Morgan fingerprint density at radius 1 is 1.56 bits per heavy atom. The molecule has 0 radical (unpaired) electrons. The zero-order chi connectivity index (χ0) is 12.3. The van der Waals surface area contributed by atoms with E-state index in [1.165, 1.54) is 12.0 Å². The fraction of sp³-hybridized carbons (Fsp3) is 0.667. The summed E-state index contributed by atoms with van der Waals surface area (Å²) in [7, 11) is 0. The average Bonchev–Trinajstić information content (AvgIpc) is 2.23. The average molecular weight is 220 g/mol. The van der Waals surface area contributed by atoms with Gasteiger partial charge in [0.15, 0.2) is 5.78 Å². The van der Waals surface area contributed by atoms with Crippen molar-refractivity contribution in [3.8, 4) is 0 Å². The molecule has 0 N–H and O–H groups in total. The number of carbonyl (C=O) groups excluding carboxylic acids is 1. The molecule has 1 aliphatic rings. The van der Waals surface area contributed by atoms with E-state index in [1.807, 2.05) is 6.92 Å². The third-order valence-corrected chi connectivity index (χ3v) is 4.23. The molecule has 16 heavy (non-hydrogen) atoms. The summed E-state index contributed by atoms with van der Waals surface area (Å²) in [6.45, 7) is 12.9. The highest BCUT2D eigenvalue weighted by atomic mass is 16.1. The van der Waals surface area contributed by atoms with Crippen LogP contribution in [0.4, 0.5) is 0 Å². The van der Waals surface area contributed by atoms with E-state index in [1.54, 1.807) is 6.08 Å². The molecule has 0 amide bonds. The number of carbonyl (C=O) groups is 1. The Labute approximate surface area is 99.6 Å². The monoisotopic (exact) mass is 220 g/mol. The second kappa shape index (κ2) is 4.99. The first-order valence-electron chi connectivity index (χ1n) is 6.28. The smallest absolute Gasteiger partial charge is 0.155 e. The Balaban J connectivity index is 2.86. The molecule has 1 heteroatoms. The first kappa shape index (κ1) is 13.2. The van der Waals surface area contributed by atoms with Crippen LogP contribution in [0.5, 0.6) is 0 Å². The highest BCUT2D eigenvalue weighted by molar-refractivity contribution is 5.89. The van der Waals surface area contributed by atoms with Crippen molar-refractivity contribution in [2.75, 3.05) is 0 Å². The van der Waals surface area contributed by atoms with Crippen molar-refractivity contribution in [3.05, 3.63) is 24.3 Å². The molecule has 2 unspecified atom stereocenters. The van der Waals surface area contributed by atoms with Crippen molar-refractivity contribution in [3.63, 3.8) is 0 Å². The molecular weight excluding hydrogens is 196 g/mol. The van der Waals surface area contributed by atoms with E-state index in [0.717, 1.165) is 6.42 Å². The molecule has 1 rings (SSSR count). The summed E-state index contributed by atoms with van der Waals surface area (Å²) >= 11 is 0. The second-order valence-electron chi connectivity index (χ2n) is 5.58. The number of hydrogen-bond donors (Lipinski definition) is 0. The molecule has 1 aliphatic carbocycles. The van der Waals surface area contributed by atoms with Gasteiger partial charge in [-0.1, -0.05) is 45.9 Å². The molecule has 1 nitrogen and oxygen atoms in total. The lowest BCUT2D eigenvalue weighted by Gasteiger charge is -2.44. The highest BCUT2D eigenvalue weighted by Crippen LogP contribution is 2.47. The molecule has 0 aromatic carbocycles. The maximum Gasteiger partial charge on any atom is 0.155 e. The summed E-state index contributed by atoms with van der Waals surface area (Å²) in [6, 6.07) is 0. The quantitative estimate of drug-likeness (QED) is 0.516. The van der Waals surface area contributed by atoms with Gasteiger partial charge in [-0.05, 0) is 30.3 Å². The molecular formula is C15H24O. The van der Waals surface area contributed by atoms with Gasteiger partial charge in [0.05, 0.1) is 0 Å². The van der Waals surface area contributed by atoms with Crippen LogP contribution < -0.4 is 0 Å². The minimum absolute atomic E-state index is 0.210. The van der Waals surface area contributed by atoms with Crippen molar-refractivity contribution >= 4 is 5.78 Å². The van der Waals surface area contributed by atoms with Crippen molar-refractivity contribution in [1.82, 2.24) is 0 Å². The van der Waals surface area contributed by atoms with Crippen molar-refractivity contribution in [2.45, 2.75) is 47.0 Å². The summed E-state index contributed by atoms with van der Waals surface area (Å²) in [6.07, 6.45) is 6.73. The summed E-state index contributed by atoms with van der Waals surface area (Å²) in [5, 5.41) is 0. The Bertz CT molecular complexity index is 309. The first-order valence-corrected chi connectivity index (χ1v) is 6.28. The Morgan fingerprint density at radius 2 is 2.19 bits per heavy atom. The summed E-state index contributed by atoms with van der Waals surface area (Å²) in [4.78, 5) is 11.3. The normalized spacial score (nSPS) is 29.6. The van der Waals surface area contributed by atoms with Crippen LogP contribution in [0.3, 0.4) is 0 Å². The Hall–Kier alpha value is -0.850. The SMILES string of the molecule is C=C1CCC(C)C(C)(C)C1C=CC(=O)CC. The van der Waals surface area contributed by atoms with Gasteiger partial charge in [0.25, 0.3) is 0 Å². The molecule has 0 bridgehead atoms. The van der Waals surface area contributed by atoms with Crippen molar-refractivity contribution in [1.29, 1.82) is 0 Å². The van der Waals surface area contributed by atoms with Gasteiger partial charge in [0, 0.05) is 12.3 Å². The van der Waals surface area contributed by atoms with E-state index in [-0.39, 0.29) is 11.2 Å². The van der Waals surface area contributed by atoms with E-state index < -0.39 is 0 Å². The Morgan fingerprint density at radius 3 is 2.75 bits per heavy atom. The van der Waals surface area contributed by atoms with Gasteiger partial charge in [0.1, 0.15) is 0 Å². The van der Waals surface area contributed by atoms with Gasteiger partial charge >= 0.3 is 0 Å². The third-order valence-electron chi connectivity index (χ3n) is 4.23. The molecule has 0 heterocycles. The van der Waals surface area contributed by atoms with Crippen LogP contribution in [0.2, 0.25) is 0 Å². The lowest BCUT2D eigenvalue weighted by Crippen LogP contribution is -2.35. The number of ketones is 1. The van der Waals surface area contributed by atoms with Crippen LogP contribution in [-0.2, 0) is 4.79 Å². The molecule has 90 valence electrons. The summed E-state index contributed by atoms with van der Waals surface area (Å²) in [5.41, 5.74) is 1.50.